The highest BCUT2D eigenvalue weighted by atomic mass is 32.2. The maximum atomic E-state index is 14.3. The summed E-state index contributed by atoms with van der Waals surface area (Å²) in [6, 6.07) is 2.42. The zero-order valence-electron chi connectivity index (χ0n) is 40.9. The van der Waals surface area contributed by atoms with E-state index in [4.69, 9.17) is 22.3 Å². The quantitative estimate of drug-likeness (QED) is 0.0336. The van der Waals surface area contributed by atoms with Gasteiger partial charge in [0, 0.05) is 12.8 Å². The predicted molar refractivity (Wildman–Crippen MR) is 264 cm³/mol. The lowest BCUT2D eigenvalue weighted by molar-refractivity contribution is -0.137. The Morgan fingerprint density at radius 1 is 0.685 bits per heavy atom. The van der Waals surface area contributed by atoms with Crippen molar-refractivity contribution >= 4 is 78.7 Å². The highest BCUT2D eigenvalue weighted by molar-refractivity contribution is 7.98. The zero-order valence-corrected chi connectivity index (χ0v) is 42.6. The van der Waals surface area contributed by atoms with Gasteiger partial charge in [-0.05, 0) is 66.4 Å². The van der Waals surface area contributed by atoms with Crippen molar-refractivity contribution in [2.24, 2.45) is 29.0 Å². The summed E-state index contributed by atoms with van der Waals surface area (Å²) in [6.45, 7) is 5.91. The minimum atomic E-state index is -4.98. The third kappa shape index (κ3) is 23.2. The molecule has 0 heterocycles. The molecule has 8 atom stereocenters. The van der Waals surface area contributed by atoms with Crippen molar-refractivity contribution in [3.63, 3.8) is 0 Å². The SMILES string of the molecule is CSCC[C@H](NC(=O)[C@H](Cc1ccc(OP(=O)(O)O)cc1)NC(=O)[C@H](CC(N)=O)NC(=O)[C@H](CC(C)C)NC(=O)CNC(=O)[C@@H](N)CCC(=O)O)C(=O)N[C@H](C(=O)N[C@H](C(N)=O)C(O)c1ccccc1)C(C)C. The summed E-state index contributed by atoms with van der Waals surface area (Å²) in [5.74, 6) is -10.8. The number of carbonyl (C=O) groups is 10. The van der Waals surface area contributed by atoms with Gasteiger partial charge in [0.2, 0.25) is 53.2 Å². The van der Waals surface area contributed by atoms with Gasteiger partial charge in [0.15, 0.2) is 0 Å². The van der Waals surface area contributed by atoms with Crippen molar-refractivity contribution < 1.29 is 77.0 Å². The molecule has 17 N–H and O–H groups in total. The lowest BCUT2D eigenvalue weighted by atomic mass is 9.98. The molecule has 9 amide bonds. The van der Waals surface area contributed by atoms with Crippen molar-refractivity contribution in [2.45, 2.75) is 115 Å². The summed E-state index contributed by atoms with van der Waals surface area (Å²) in [6.07, 6.45) is -1.75. The highest BCUT2D eigenvalue weighted by Gasteiger charge is 2.36. The molecular formula is C45H67N10O16PS. The largest absolute Gasteiger partial charge is 0.524 e. The molecule has 0 radical (unpaired) electrons. The van der Waals surface area contributed by atoms with Gasteiger partial charge in [-0.25, -0.2) is 4.57 Å². The van der Waals surface area contributed by atoms with E-state index in [-0.39, 0.29) is 47.8 Å². The molecule has 0 aromatic heterocycles. The first-order valence-corrected chi connectivity index (χ1v) is 25.7. The third-order valence-electron chi connectivity index (χ3n) is 10.6. The molecule has 28 heteroatoms. The molecule has 0 bridgehead atoms. The van der Waals surface area contributed by atoms with Crippen LogP contribution in [0.5, 0.6) is 5.75 Å². The van der Waals surface area contributed by atoms with E-state index in [1.165, 1.54) is 36.0 Å². The number of nitrogens with two attached hydrogens (primary N) is 3. The molecule has 0 saturated heterocycles. The number of hydrogen-bond donors (Lipinski definition) is 14. The molecule has 26 nitrogen and oxygen atoms in total. The lowest BCUT2D eigenvalue weighted by Crippen LogP contribution is -2.61. The van der Waals surface area contributed by atoms with Crippen LogP contribution in [0.1, 0.15) is 77.0 Å². The number of aliphatic hydroxyl groups is 1. The number of amides is 9. The summed E-state index contributed by atoms with van der Waals surface area (Å²) >= 11 is 1.30. The van der Waals surface area contributed by atoms with E-state index in [1.54, 1.807) is 52.1 Å². The average Bonchev–Trinajstić information content (AvgIpc) is 3.30. The van der Waals surface area contributed by atoms with Crippen LogP contribution >= 0.6 is 19.6 Å². The summed E-state index contributed by atoms with van der Waals surface area (Å²) in [5.41, 5.74) is 17.3. The molecule has 0 aliphatic carbocycles. The maximum absolute atomic E-state index is 14.3. The van der Waals surface area contributed by atoms with Crippen LogP contribution in [0, 0.1) is 11.8 Å². The van der Waals surface area contributed by atoms with Gasteiger partial charge in [-0.3, -0.25) is 57.7 Å². The molecule has 2 aromatic rings. The normalized spacial score (nSPS) is 14.6. The van der Waals surface area contributed by atoms with Gasteiger partial charge in [0.1, 0.15) is 48.1 Å². The Labute approximate surface area is 425 Å². The number of carbonyl (C=O) groups excluding carboxylic acids is 9. The predicted octanol–water partition coefficient (Wildman–Crippen LogP) is -2.53. The number of nitrogens with one attached hydrogen (secondary N) is 7. The first-order valence-electron chi connectivity index (χ1n) is 22.8. The Kier molecular flexibility index (Phi) is 26.0. The van der Waals surface area contributed by atoms with E-state index in [2.05, 4.69) is 41.7 Å². The molecule has 2 aromatic carbocycles. The van der Waals surface area contributed by atoms with Gasteiger partial charge < -0.3 is 69.2 Å². The highest BCUT2D eigenvalue weighted by Crippen LogP contribution is 2.37. The molecular weight excluding hydrogens is 1000 g/mol. The van der Waals surface area contributed by atoms with Gasteiger partial charge in [-0.15, -0.1) is 0 Å². The van der Waals surface area contributed by atoms with Crippen molar-refractivity contribution in [1.29, 1.82) is 0 Å². The van der Waals surface area contributed by atoms with Crippen LogP contribution in [0.3, 0.4) is 0 Å². The number of carboxylic acid groups (broad SMARTS) is 1. The Balaban J connectivity index is 2.47. The fourth-order valence-corrected chi connectivity index (χ4v) is 7.71. The number of benzene rings is 2. The molecule has 0 saturated carbocycles. The Bertz CT molecular complexity index is 2290. The lowest BCUT2D eigenvalue weighted by Gasteiger charge is -2.29. The van der Waals surface area contributed by atoms with E-state index in [0.29, 0.717) is 0 Å². The van der Waals surface area contributed by atoms with E-state index >= 15 is 0 Å². The van der Waals surface area contributed by atoms with Crippen LogP contribution in [-0.4, -0.2) is 140 Å². The third-order valence-corrected chi connectivity index (χ3v) is 11.7. The summed E-state index contributed by atoms with van der Waals surface area (Å²) < 4.78 is 16.0. The van der Waals surface area contributed by atoms with Crippen LogP contribution < -0.4 is 58.9 Å². The number of thioether (sulfide) groups is 1. The minimum absolute atomic E-state index is 0.0263. The van der Waals surface area contributed by atoms with Gasteiger partial charge in [0.05, 0.1) is 19.0 Å². The number of hydrogen-bond acceptors (Lipinski definition) is 15. The van der Waals surface area contributed by atoms with Crippen molar-refractivity contribution in [3.05, 3.63) is 65.7 Å². The Morgan fingerprint density at radius 3 is 1.77 bits per heavy atom. The molecule has 2 rings (SSSR count). The number of phosphoric ester groups is 1. The monoisotopic (exact) mass is 1070 g/mol. The Hall–Kier alpha value is -6.64. The van der Waals surface area contributed by atoms with E-state index in [9.17, 15) is 67.4 Å². The molecule has 0 fully saturated rings. The van der Waals surface area contributed by atoms with Crippen molar-refractivity contribution in [2.75, 3.05) is 18.6 Å². The summed E-state index contributed by atoms with van der Waals surface area (Å²) in [7, 11) is -4.98. The number of primary amides is 2. The van der Waals surface area contributed by atoms with Crippen LogP contribution in [-0.2, 0) is 58.9 Å². The molecule has 0 aliphatic rings. The molecule has 404 valence electrons. The number of rotatable bonds is 32. The molecule has 73 heavy (non-hydrogen) atoms. The standard InChI is InChI=1S/C45H67N10O16PS/c1-23(2)19-30(50-34(57)22-49-40(62)28(46)15-16-35(58)59)42(64)53-32(21-33(47)56)44(66)52-31(20-25-11-13-27(14-12-25)71-72(68,69)70)43(65)51-29(17-18-73-5)41(63)54-36(24(3)4)45(67)55-37(39(48)61)38(60)26-9-7-6-8-10-26/h6-14,23-24,28-32,36-38,60H,15-22,46H2,1-5H3,(H2,47,56)(H2,48,61)(H,49,62)(H,50,57)(H,51,65)(H,52,66)(H,53,64)(H,54,63)(H,55,67)(H,58,59)(H2,68,69,70)/t28-,29-,30-,31-,32-,36-,37-,38?/m0/s1. The van der Waals surface area contributed by atoms with Gasteiger partial charge in [0.25, 0.3) is 0 Å². The second-order valence-electron chi connectivity index (χ2n) is 17.5. The van der Waals surface area contributed by atoms with Crippen molar-refractivity contribution in [1.82, 2.24) is 37.2 Å². The second-order valence-corrected chi connectivity index (χ2v) is 19.7. The van der Waals surface area contributed by atoms with Crippen LogP contribution in [0.4, 0.5) is 0 Å². The van der Waals surface area contributed by atoms with Crippen LogP contribution in [0.25, 0.3) is 0 Å². The first kappa shape index (κ1) is 62.5. The van der Waals surface area contributed by atoms with Gasteiger partial charge in [-0.1, -0.05) is 70.2 Å². The summed E-state index contributed by atoms with van der Waals surface area (Å²) in [4.78, 5) is 149. The summed E-state index contributed by atoms with van der Waals surface area (Å²) in [5, 5.41) is 36.9. The zero-order chi connectivity index (χ0) is 55.2. The van der Waals surface area contributed by atoms with Crippen LogP contribution in [0.15, 0.2) is 54.6 Å². The van der Waals surface area contributed by atoms with Gasteiger partial charge >= 0.3 is 13.8 Å². The molecule has 1 unspecified atom stereocenters. The van der Waals surface area contributed by atoms with E-state index in [1.807, 2.05) is 0 Å². The topological polar surface area (TPSA) is 440 Å². The minimum Gasteiger partial charge on any atom is -0.481 e. The Morgan fingerprint density at radius 2 is 1.23 bits per heavy atom. The second kappa shape index (κ2) is 30.4. The molecule has 0 spiro atoms. The first-order chi connectivity index (χ1) is 34.1. The number of aliphatic hydroxyl groups excluding tert-OH is 1. The van der Waals surface area contributed by atoms with E-state index < -0.39 is 147 Å². The number of phosphoric acid groups is 1. The van der Waals surface area contributed by atoms with Crippen molar-refractivity contribution in [3.8, 4) is 5.75 Å². The van der Waals surface area contributed by atoms with Gasteiger partial charge in [-0.2, -0.15) is 11.8 Å². The fourth-order valence-electron chi connectivity index (χ4n) is 6.84. The maximum Gasteiger partial charge on any atom is 0.524 e. The van der Waals surface area contributed by atoms with E-state index in [0.717, 1.165) is 12.1 Å². The smallest absolute Gasteiger partial charge is 0.481 e. The fraction of sp³-hybridized carbons (Fsp3) is 0.511. The average molecular weight is 1070 g/mol. The number of carboxylic acids is 1. The van der Waals surface area contributed by atoms with Crippen LogP contribution in [0.2, 0.25) is 0 Å². The number of aliphatic carboxylic acids is 1. The molecule has 0 aliphatic heterocycles.